The average molecular weight is 797 g/mol. The van der Waals surface area contributed by atoms with Crippen LogP contribution in [0.15, 0.2) is 203 Å². The van der Waals surface area contributed by atoms with Gasteiger partial charge in [0.25, 0.3) is 0 Å². The van der Waals surface area contributed by atoms with Gasteiger partial charge in [0.2, 0.25) is 0 Å². The molecule has 8 heteroatoms. The first-order valence-corrected chi connectivity index (χ1v) is 20.4. The molecule has 0 spiro atoms. The molecule has 8 nitrogen and oxygen atoms in total. The first kappa shape index (κ1) is 35.3. The number of para-hydroxylation sites is 1. The SMILES string of the molecule is c1ccc(-c2nc(-c3ccccc3)nc(-c3cccc(-c4ccc5oc6cccc(-c7nc(-c8ccccc8)nc(-c8cccc9oc%10ccccc%10c89)n7)c6c5c4)c3)n2)cc1. The Labute approximate surface area is 354 Å². The zero-order valence-corrected chi connectivity index (χ0v) is 33.0. The van der Waals surface area contributed by atoms with Crippen LogP contribution < -0.4 is 0 Å². The Hall–Kier alpha value is -8.62. The normalized spacial score (nSPS) is 11.5. The van der Waals surface area contributed by atoms with E-state index in [0.717, 1.165) is 88.4 Å². The van der Waals surface area contributed by atoms with Gasteiger partial charge < -0.3 is 8.83 Å². The summed E-state index contributed by atoms with van der Waals surface area (Å²) in [7, 11) is 0. The first-order valence-electron chi connectivity index (χ1n) is 20.4. The quantitative estimate of drug-likeness (QED) is 0.157. The Morgan fingerprint density at radius 3 is 1.21 bits per heavy atom. The van der Waals surface area contributed by atoms with Crippen LogP contribution in [-0.4, -0.2) is 29.9 Å². The molecule has 0 amide bonds. The van der Waals surface area contributed by atoms with E-state index in [-0.39, 0.29) is 0 Å². The molecule has 0 aliphatic rings. The van der Waals surface area contributed by atoms with E-state index in [2.05, 4.69) is 36.4 Å². The van der Waals surface area contributed by atoms with Gasteiger partial charge in [-0.2, -0.15) is 0 Å². The minimum atomic E-state index is 0.539. The third-order valence-electron chi connectivity index (χ3n) is 11.2. The highest BCUT2D eigenvalue weighted by Gasteiger charge is 2.21. The third-order valence-corrected chi connectivity index (χ3v) is 11.2. The van der Waals surface area contributed by atoms with E-state index in [0.29, 0.717) is 34.9 Å². The third kappa shape index (κ3) is 6.17. The fraction of sp³-hybridized carbons (Fsp3) is 0. The highest BCUT2D eigenvalue weighted by atomic mass is 16.3. The van der Waals surface area contributed by atoms with E-state index in [9.17, 15) is 0 Å². The molecule has 290 valence electrons. The lowest BCUT2D eigenvalue weighted by molar-refractivity contribution is 0.668. The van der Waals surface area contributed by atoms with Crippen LogP contribution in [0.3, 0.4) is 0 Å². The molecule has 12 rings (SSSR count). The van der Waals surface area contributed by atoms with Crippen molar-refractivity contribution >= 4 is 43.9 Å². The van der Waals surface area contributed by atoms with Crippen LogP contribution in [0.5, 0.6) is 0 Å². The summed E-state index contributed by atoms with van der Waals surface area (Å²) in [6, 6.07) is 64.8. The van der Waals surface area contributed by atoms with Crippen molar-refractivity contribution in [3.05, 3.63) is 194 Å². The van der Waals surface area contributed by atoms with Gasteiger partial charge in [0, 0.05) is 54.9 Å². The maximum Gasteiger partial charge on any atom is 0.164 e. The van der Waals surface area contributed by atoms with Crippen LogP contribution in [0.1, 0.15) is 0 Å². The maximum absolute atomic E-state index is 6.52. The topological polar surface area (TPSA) is 104 Å². The molecule has 0 bridgehead atoms. The van der Waals surface area contributed by atoms with E-state index >= 15 is 0 Å². The minimum absolute atomic E-state index is 0.539. The summed E-state index contributed by atoms with van der Waals surface area (Å²) in [5.74, 6) is 3.49. The molecule has 0 aliphatic carbocycles. The minimum Gasteiger partial charge on any atom is -0.456 e. The van der Waals surface area contributed by atoms with Gasteiger partial charge in [-0.1, -0.05) is 158 Å². The van der Waals surface area contributed by atoms with Crippen molar-refractivity contribution in [2.45, 2.75) is 0 Å². The molecule has 0 atom stereocenters. The summed E-state index contributed by atoms with van der Waals surface area (Å²) in [5, 5.41) is 3.83. The van der Waals surface area contributed by atoms with Gasteiger partial charge >= 0.3 is 0 Å². The molecule has 62 heavy (non-hydrogen) atoms. The summed E-state index contributed by atoms with van der Waals surface area (Å²) in [5.41, 5.74) is 10.4. The molecule has 8 aromatic carbocycles. The second-order valence-electron chi connectivity index (χ2n) is 15.1. The Balaban J connectivity index is 1.01. The Bertz CT molecular complexity index is 3580. The van der Waals surface area contributed by atoms with Crippen molar-refractivity contribution in [3.63, 3.8) is 0 Å². The number of fused-ring (bicyclic) bond motifs is 6. The smallest absolute Gasteiger partial charge is 0.164 e. The number of aromatic nitrogens is 6. The Kier molecular flexibility index (Phi) is 8.31. The fourth-order valence-electron chi connectivity index (χ4n) is 8.26. The molecule has 0 radical (unpaired) electrons. The van der Waals surface area contributed by atoms with Gasteiger partial charge in [0.1, 0.15) is 22.3 Å². The number of hydrogen-bond donors (Lipinski definition) is 0. The first-order chi connectivity index (χ1) is 30.7. The molecular formula is C54H32N6O2. The second-order valence-corrected chi connectivity index (χ2v) is 15.1. The van der Waals surface area contributed by atoms with Crippen molar-refractivity contribution in [1.82, 2.24) is 29.9 Å². The monoisotopic (exact) mass is 796 g/mol. The highest BCUT2D eigenvalue weighted by molar-refractivity contribution is 6.14. The fourth-order valence-corrected chi connectivity index (χ4v) is 8.26. The lowest BCUT2D eigenvalue weighted by Gasteiger charge is -2.10. The largest absolute Gasteiger partial charge is 0.456 e. The summed E-state index contributed by atoms with van der Waals surface area (Å²) in [6.45, 7) is 0. The van der Waals surface area contributed by atoms with Crippen molar-refractivity contribution in [2.24, 2.45) is 0 Å². The molecule has 0 N–H and O–H groups in total. The summed E-state index contributed by atoms with van der Waals surface area (Å²) >= 11 is 0. The molecule has 0 fully saturated rings. The van der Waals surface area contributed by atoms with Crippen LogP contribution in [0, 0.1) is 0 Å². The molecule has 0 saturated heterocycles. The number of rotatable bonds is 7. The van der Waals surface area contributed by atoms with Gasteiger partial charge in [-0.25, -0.2) is 29.9 Å². The molecule has 0 aliphatic heterocycles. The zero-order chi connectivity index (χ0) is 41.0. The number of benzene rings is 8. The van der Waals surface area contributed by atoms with Crippen molar-refractivity contribution in [3.8, 4) is 79.5 Å². The van der Waals surface area contributed by atoms with E-state index in [4.69, 9.17) is 38.7 Å². The van der Waals surface area contributed by atoms with E-state index in [1.54, 1.807) is 0 Å². The Morgan fingerprint density at radius 2 is 0.629 bits per heavy atom. The van der Waals surface area contributed by atoms with Gasteiger partial charge in [-0.15, -0.1) is 0 Å². The van der Waals surface area contributed by atoms with Crippen LogP contribution in [0.2, 0.25) is 0 Å². The zero-order valence-electron chi connectivity index (χ0n) is 33.0. The predicted molar refractivity (Wildman–Crippen MR) is 246 cm³/mol. The molecule has 12 aromatic rings. The van der Waals surface area contributed by atoms with Crippen LogP contribution >= 0.6 is 0 Å². The van der Waals surface area contributed by atoms with Gasteiger partial charge in [0.15, 0.2) is 34.9 Å². The molecule has 0 unspecified atom stereocenters. The average Bonchev–Trinajstić information content (AvgIpc) is 3.93. The lowest BCUT2D eigenvalue weighted by atomic mass is 9.99. The van der Waals surface area contributed by atoms with E-state index < -0.39 is 0 Å². The highest BCUT2D eigenvalue weighted by Crippen LogP contribution is 2.40. The number of nitrogens with zero attached hydrogens (tertiary/aromatic N) is 6. The standard InChI is InChI=1S/C54H32N6O2/c1-4-15-33(16-5-1)49-55-50(34-17-6-2-7-18-34)57-52(56-49)38-22-12-21-36(31-38)37-29-30-44-42(32-37)48-41(25-14-28-46(48)62-44)54-59-51(35-19-8-3-9-20-35)58-53(60-54)40-24-13-27-45-47(40)39-23-10-11-26-43(39)61-45/h1-32H. The van der Waals surface area contributed by atoms with Crippen LogP contribution in [0.25, 0.3) is 123 Å². The molecule has 4 aromatic heterocycles. The summed E-state index contributed by atoms with van der Waals surface area (Å²) in [6.07, 6.45) is 0. The Morgan fingerprint density at radius 1 is 0.242 bits per heavy atom. The van der Waals surface area contributed by atoms with Gasteiger partial charge in [0.05, 0.1) is 0 Å². The van der Waals surface area contributed by atoms with Crippen molar-refractivity contribution < 1.29 is 8.83 Å². The second kappa shape index (κ2) is 14.6. The molecular weight excluding hydrogens is 765 g/mol. The van der Waals surface area contributed by atoms with Crippen molar-refractivity contribution in [2.75, 3.05) is 0 Å². The van der Waals surface area contributed by atoms with Crippen LogP contribution in [0.4, 0.5) is 0 Å². The van der Waals surface area contributed by atoms with Crippen LogP contribution in [-0.2, 0) is 0 Å². The van der Waals surface area contributed by atoms with Crippen molar-refractivity contribution in [1.29, 1.82) is 0 Å². The molecule has 4 heterocycles. The molecule has 0 saturated carbocycles. The van der Waals surface area contributed by atoms with Gasteiger partial charge in [-0.05, 0) is 47.5 Å². The van der Waals surface area contributed by atoms with E-state index in [1.165, 1.54) is 0 Å². The summed E-state index contributed by atoms with van der Waals surface area (Å²) in [4.78, 5) is 30.3. The number of hydrogen-bond acceptors (Lipinski definition) is 8. The van der Waals surface area contributed by atoms with Gasteiger partial charge in [-0.3, -0.25) is 0 Å². The predicted octanol–water partition coefficient (Wildman–Crippen LogP) is 13.5. The van der Waals surface area contributed by atoms with E-state index in [1.807, 2.05) is 158 Å². The maximum atomic E-state index is 6.52. The summed E-state index contributed by atoms with van der Waals surface area (Å²) < 4.78 is 12.8. The lowest BCUT2D eigenvalue weighted by Crippen LogP contribution is -2.00. The number of furan rings is 2.